The molecule has 2 aliphatic heterocycles. The summed E-state index contributed by atoms with van der Waals surface area (Å²) in [5.41, 5.74) is 0. The Balaban J connectivity index is 2.00. The van der Waals surface area contributed by atoms with Crippen LogP contribution in [0.1, 0.15) is 19.8 Å². The summed E-state index contributed by atoms with van der Waals surface area (Å²) in [4.78, 5) is 2.13. The Morgan fingerprint density at radius 1 is 1.43 bits per heavy atom. The highest BCUT2D eigenvalue weighted by Crippen LogP contribution is 2.30. The summed E-state index contributed by atoms with van der Waals surface area (Å²) in [5.74, 6) is -0.399. The van der Waals surface area contributed by atoms with E-state index in [1.54, 1.807) is 0 Å². The second-order valence-electron chi connectivity index (χ2n) is 3.99. The molecule has 2 saturated heterocycles. The molecule has 2 heterocycles. The molecular formula is C10H16N2O2. The first kappa shape index (κ1) is 9.91. The molecule has 4 heteroatoms. The minimum atomic E-state index is -0.399. The molecule has 14 heavy (non-hydrogen) atoms. The molecule has 2 aliphatic rings. The number of ether oxygens (including phenoxy) is 2. The third kappa shape index (κ3) is 1.76. The number of likely N-dealkylation sites (tertiary alicyclic amines) is 1. The molecule has 0 aliphatic carbocycles. The molecule has 0 N–H and O–H groups in total. The van der Waals surface area contributed by atoms with Gasteiger partial charge in [0.05, 0.1) is 31.9 Å². The largest absolute Gasteiger partial charge is 0.346 e. The van der Waals surface area contributed by atoms with Crippen molar-refractivity contribution in [1.29, 1.82) is 5.26 Å². The lowest BCUT2D eigenvalue weighted by Crippen LogP contribution is -2.51. The van der Waals surface area contributed by atoms with E-state index in [1.165, 1.54) is 0 Å². The van der Waals surface area contributed by atoms with E-state index in [1.807, 2.05) is 6.92 Å². The van der Waals surface area contributed by atoms with Gasteiger partial charge in [0, 0.05) is 6.42 Å². The lowest BCUT2D eigenvalue weighted by molar-refractivity contribution is -0.191. The summed E-state index contributed by atoms with van der Waals surface area (Å²) in [6.45, 7) is 5.02. The minimum Gasteiger partial charge on any atom is -0.346 e. The van der Waals surface area contributed by atoms with Crippen LogP contribution < -0.4 is 0 Å². The highest BCUT2D eigenvalue weighted by Gasteiger charge is 2.41. The molecular weight excluding hydrogens is 180 g/mol. The Morgan fingerprint density at radius 3 is 2.79 bits per heavy atom. The molecule has 0 saturated carbocycles. The second kappa shape index (κ2) is 3.85. The lowest BCUT2D eigenvalue weighted by atomic mass is 10.0. The van der Waals surface area contributed by atoms with Gasteiger partial charge in [-0.2, -0.15) is 5.26 Å². The number of piperidine rings is 1. The number of nitrogens with zero attached hydrogens (tertiary/aromatic N) is 2. The van der Waals surface area contributed by atoms with Gasteiger partial charge in [-0.15, -0.1) is 0 Å². The smallest absolute Gasteiger partial charge is 0.181 e. The minimum absolute atomic E-state index is 0.0417. The zero-order chi connectivity index (χ0) is 10.0. The van der Waals surface area contributed by atoms with Gasteiger partial charge in [0.1, 0.15) is 0 Å². The average molecular weight is 196 g/mol. The monoisotopic (exact) mass is 196 g/mol. The Kier molecular flexibility index (Phi) is 2.73. The van der Waals surface area contributed by atoms with Crippen molar-refractivity contribution in [3.05, 3.63) is 0 Å². The van der Waals surface area contributed by atoms with E-state index in [0.29, 0.717) is 13.2 Å². The fraction of sp³-hybridized carbons (Fsp3) is 0.900. The van der Waals surface area contributed by atoms with Gasteiger partial charge in [-0.1, -0.05) is 0 Å². The first-order chi connectivity index (χ1) is 6.76. The highest BCUT2D eigenvalue weighted by atomic mass is 16.7. The van der Waals surface area contributed by atoms with E-state index >= 15 is 0 Å². The average Bonchev–Trinajstić information content (AvgIpc) is 2.65. The van der Waals surface area contributed by atoms with Crippen LogP contribution in [0, 0.1) is 11.3 Å². The van der Waals surface area contributed by atoms with Crippen LogP contribution in [-0.2, 0) is 9.47 Å². The number of hydrogen-bond acceptors (Lipinski definition) is 4. The maximum atomic E-state index is 8.84. The second-order valence-corrected chi connectivity index (χ2v) is 3.99. The number of nitriles is 1. The van der Waals surface area contributed by atoms with E-state index in [-0.39, 0.29) is 6.04 Å². The normalized spacial score (nSPS) is 28.9. The van der Waals surface area contributed by atoms with Gasteiger partial charge in [0.25, 0.3) is 0 Å². The predicted octanol–water partition coefficient (Wildman–Crippen LogP) is 0.737. The van der Waals surface area contributed by atoms with Gasteiger partial charge in [-0.3, -0.25) is 4.90 Å². The third-order valence-electron chi connectivity index (χ3n) is 3.00. The highest BCUT2D eigenvalue weighted by molar-refractivity contribution is 4.93. The molecule has 1 atom stereocenters. The maximum Gasteiger partial charge on any atom is 0.181 e. The van der Waals surface area contributed by atoms with Gasteiger partial charge >= 0.3 is 0 Å². The number of rotatable bonds is 1. The summed E-state index contributed by atoms with van der Waals surface area (Å²) in [5, 5.41) is 8.84. The predicted molar refractivity (Wildman–Crippen MR) is 50.5 cm³/mol. The zero-order valence-electron chi connectivity index (χ0n) is 8.53. The maximum absolute atomic E-state index is 8.84. The first-order valence-electron chi connectivity index (χ1n) is 5.17. The van der Waals surface area contributed by atoms with Gasteiger partial charge in [0.2, 0.25) is 0 Å². The molecule has 0 amide bonds. The fourth-order valence-corrected chi connectivity index (χ4v) is 2.16. The molecule has 0 radical (unpaired) electrons. The number of hydrogen-bond donors (Lipinski definition) is 0. The summed E-state index contributed by atoms with van der Waals surface area (Å²) >= 11 is 0. The summed E-state index contributed by atoms with van der Waals surface area (Å²) in [7, 11) is 0. The summed E-state index contributed by atoms with van der Waals surface area (Å²) in [6, 6.07) is 2.21. The van der Waals surface area contributed by atoms with Gasteiger partial charge in [0.15, 0.2) is 5.79 Å². The van der Waals surface area contributed by atoms with Gasteiger partial charge < -0.3 is 9.47 Å². The molecule has 2 rings (SSSR count). The zero-order valence-corrected chi connectivity index (χ0v) is 8.53. The van der Waals surface area contributed by atoms with Crippen LogP contribution >= 0.6 is 0 Å². The van der Waals surface area contributed by atoms with Crippen LogP contribution in [0.5, 0.6) is 0 Å². The van der Waals surface area contributed by atoms with Crippen LogP contribution in [0.25, 0.3) is 0 Å². The van der Waals surface area contributed by atoms with Crippen molar-refractivity contribution < 1.29 is 9.47 Å². The molecule has 0 aromatic heterocycles. The third-order valence-corrected chi connectivity index (χ3v) is 3.00. The molecule has 0 aromatic rings. The standard InChI is InChI=1S/C10H16N2O2/c1-9(7-11)12-4-2-3-10(8-12)13-5-6-14-10/h9H,2-6,8H2,1H3. The van der Waals surface area contributed by atoms with Gasteiger partial charge in [-0.25, -0.2) is 0 Å². The Hall–Kier alpha value is -0.630. The molecule has 4 nitrogen and oxygen atoms in total. The van der Waals surface area contributed by atoms with Crippen LogP contribution in [-0.4, -0.2) is 43.0 Å². The molecule has 2 fully saturated rings. The molecule has 1 spiro atoms. The van der Waals surface area contributed by atoms with Crippen LogP contribution in [0.15, 0.2) is 0 Å². The van der Waals surface area contributed by atoms with Crippen molar-refractivity contribution in [3.63, 3.8) is 0 Å². The van der Waals surface area contributed by atoms with E-state index < -0.39 is 5.79 Å². The van der Waals surface area contributed by atoms with Crippen molar-refractivity contribution in [2.45, 2.75) is 31.6 Å². The fourth-order valence-electron chi connectivity index (χ4n) is 2.16. The van der Waals surface area contributed by atoms with E-state index in [9.17, 15) is 0 Å². The van der Waals surface area contributed by atoms with Crippen LogP contribution in [0.3, 0.4) is 0 Å². The van der Waals surface area contributed by atoms with E-state index in [2.05, 4.69) is 11.0 Å². The van der Waals surface area contributed by atoms with Crippen LogP contribution in [0.4, 0.5) is 0 Å². The first-order valence-corrected chi connectivity index (χ1v) is 5.17. The Bertz CT molecular complexity index is 243. The van der Waals surface area contributed by atoms with Crippen molar-refractivity contribution >= 4 is 0 Å². The molecule has 1 unspecified atom stereocenters. The molecule has 0 bridgehead atoms. The van der Waals surface area contributed by atoms with Crippen molar-refractivity contribution in [3.8, 4) is 6.07 Å². The van der Waals surface area contributed by atoms with E-state index in [0.717, 1.165) is 25.9 Å². The van der Waals surface area contributed by atoms with Crippen molar-refractivity contribution in [1.82, 2.24) is 4.90 Å². The topological polar surface area (TPSA) is 45.5 Å². The van der Waals surface area contributed by atoms with Crippen molar-refractivity contribution in [2.24, 2.45) is 0 Å². The van der Waals surface area contributed by atoms with Crippen molar-refractivity contribution in [2.75, 3.05) is 26.3 Å². The Labute approximate surface area is 84.4 Å². The summed E-state index contributed by atoms with van der Waals surface area (Å²) in [6.07, 6.45) is 2.01. The SMILES string of the molecule is CC(C#N)N1CCCC2(C1)OCCO2. The van der Waals surface area contributed by atoms with Crippen LogP contribution in [0.2, 0.25) is 0 Å². The molecule has 78 valence electrons. The Morgan fingerprint density at radius 2 is 2.14 bits per heavy atom. The van der Waals surface area contributed by atoms with E-state index in [4.69, 9.17) is 14.7 Å². The molecule has 0 aromatic carbocycles. The quantitative estimate of drug-likeness (QED) is 0.620. The van der Waals surface area contributed by atoms with Gasteiger partial charge in [-0.05, 0) is 19.9 Å². The lowest BCUT2D eigenvalue weighted by Gasteiger charge is -2.39. The summed E-state index contributed by atoms with van der Waals surface area (Å²) < 4.78 is 11.3.